The number of carbonyl (C=O) groups excluding carboxylic acids is 1. The lowest BCUT2D eigenvalue weighted by Crippen LogP contribution is -2.50. The van der Waals surface area contributed by atoms with Crippen LogP contribution in [0.5, 0.6) is 0 Å². The van der Waals surface area contributed by atoms with Crippen molar-refractivity contribution in [2.75, 3.05) is 13.1 Å². The lowest BCUT2D eigenvalue weighted by atomic mass is 10.1. The smallest absolute Gasteiger partial charge is 0.407 e. The van der Waals surface area contributed by atoms with E-state index in [0.717, 1.165) is 12.8 Å². The van der Waals surface area contributed by atoms with Crippen LogP contribution in [0.15, 0.2) is 18.2 Å². The van der Waals surface area contributed by atoms with Crippen molar-refractivity contribution in [1.82, 2.24) is 9.62 Å². The number of ether oxygens (including phenoxy) is 1. The van der Waals surface area contributed by atoms with Crippen LogP contribution in [-0.4, -0.2) is 43.5 Å². The second kappa shape index (κ2) is 8.99. The van der Waals surface area contributed by atoms with Crippen LogP contribution in [0.25, 0.3) is 0 Å². The van der Waals surface area contributed by atoms with Gasteiger partial charge in [-0.15, -0.1) is 0 Å². The highest BCUT2D eigenvalue weighted by Crippen LogP contribution is 2.26. The van der Waals surface area contributed by atoms with Crippen LogP contribution in [-0.2, 0) is 20.5 Å². The first-order valence-corrected chi connectivity index (χ1v) is 11.2. The molecule has 6 nitrogen and oxygen atoms in total. The third kappa shape index (κ3) is 6.82. The molecule has 1 atom stereocenters. The molecule has 27 heavy (non-hydrogen) atoms. The maximum Gasteiger partial charge on any atom is 0.407 e. The van der Waals surface area contributed by atoms with Crippen LogP contribution < -0.4 is 5.32 Å². The molecule has 0 spiro atoms. The third-order valence-corrected chi connectivity index (χ3v) is 6.78. The molecule has 1 aromatic rings. The van der Waals surface area contributed by atoms with Crippen molar-refractivity contribution in [3.05, 3.63) is 33.8 Å². The molecule has 0 bridgehead atoms. The van der Waals surface area contributed by atoms with E-state index < -0.39 is 21.7 Å². The molecule has 1 aromatic carbocycles. The molecule has 1 heterocycles. The zero-order chi connectivity index (χ0) is 20.2. The second-order valence-corrected chi connectivity index (χ2v) is 10.4. The van der Waals surface area contributed by atoms with Crippen LogP contribution in [0.3, 0.4) is 0 Å². The average molecular weight is 437 g/mol. The number of sulfonamides is 1. The zero-order valence-electron chi connectivity index (χ0n) is 15.8. The fourth-order valence-electron chi connectivity index (χ4n) is 2.98. The van der Waals surface area contributed by atoms with E-state index >= 15 is 0 Å². The highest BCUT2D eigenvalue weighted by molar-refractivity contribution is 7.88. The van der Waals surface area contributed by atoms with Crippen LogP contribution >= 0.6 is 23.2 Å². The summed E-state index contributed by atoms with van der Waals surface area (Å²) in [6.07, 6.45) is 1.86. The standard InChI is InChI=1S/C18H26Cl2N2O4S/c1-18(2,3)26-17(23)21-11-14-6-4-5-9-22(14)27(24,25)12-13-7-8-15(19)16(20)10-13/h7-8,10,14H,4-6,9,11-12H2,1-3H3,(H,21,23). The molecule has 152 valence electrons. The Morgan fingerprint density at radius 2 is 1.96 bits per heavy atom. The van der Waals surface area contributed by atoms with Crippen molar-refractivity contribution in [3.8, 4) is 0 Å². The van der Waals surface area contributed by atoms with E-state index in [0.29, 0.717) is 28.6 Å². The van der Waals surface area contributed by atoms with Gasteiger partial charge in [-0.25, -0.2) is 13.2 Å². The van der Waals surface area contributed by atoms with Crippen LogP contribution in [0.2, 0.25) is 10.0 Å². The second-order valence-electron chi connectivity index (χ2n) is 7.65. The summed E-state index contributed by atoms with van der Waals surface area (Å²) < 4.78 is 32.6. The van der Waals surface area contributed by atoms with Gasteiger partial charge in [0.05, 0.1) is 15.8 Å². The molecule has 0 radical (unpaired) electrons. The Morgan fingerprint density at radius 3 is 2.59 bits per heavy atom. The Labute approximate surface area is 171 Å². The number of alkyl carbamates (subject to hydrolysis) is 1. The summed E-state index contributed by atoms with van der Waals surface area (Å²) in [5.41, 5.74) is -0.0233. The molecular formula is C18H26Cl2N2O4S. The summed E-state index contributed by atoms with van der Waals surface area (Å²) >= 11 is 11.9. The molecule has 1 N–H and O–H groups in total. The minimum Gasteiger partial charge on any atom is -0.444 e. The fraction of sp³-hybridized carbons (Fsp3) is 0.611. The molecule has 2 rings (SSSR count). The molecule has 1 aliphatic rings. The first kappa shape index (κ1) is 22.3. The maximum absolute atomic E-state index is 12.9. The van der Waals surface area contributed by atoms with Crippen LogP contribution in [0.4, 0.5) is 4.79 Å². The van der Waals surface area contributed by atoms with Crippen molar-refractivity contribution in [3.63, 3.8) is 0 Å². The Hall–Kier alpha value is -1.02. The summed E-state index contributed by atoms with van der Waals surface area (Å²) in [5.74, 6) is -0.160. The van der Waals surface area contributed by atoms with E-state index in [1.807, 2.05) is 0 Å². The lowest BCUT2D eigenvalue weighted by molar-refractivity contribution is 0.0512. The number of nitrogens with one attached hydrogen (secondary N) is 1. The fourth-order valence-corrected chi connectivity index (χ4v) is 5.11. The average Bonchev–Trinajstić information content (AvgIpc) is 2.55. The zero-order valence-corrected chi connectivity index (χ0v) is 18.1. The molecule has 1 unspecified atom stereocenters. The number of hydrogen-bond donors (Lipinski definition) is 1. The molecular weight excluding hydrogens is 411 g/mol. The summed E-state index contributed by atoms with van der Waals surface area (Å²) in [6, 6.07) is 4.52. The molecule has 9 heteroatoms. The highest BCUT2D eigenvalue weighted by Gasteiger charge is 2.33. The van der Waals surface area contributed by atoms with Gasteiger partial charge >= 0.3 is 6.09 Å². The SMILES string of the molecule is CC(C)(C)OC(=O)NCC1CCCCN1S(=O)(=O)Cc1ccc(Cl)c(Cl)c1. The summed E-state index contributed by atoms with van der Waals surface area (Å²) in [5, 5.41) is 3.40. The van der Waals surface area contributed by atoms with Gasteiger partial charge in [-0.2, -0.15) is 4.31 Å². The van der Waals surface area contributed by atoms with E-state index in [4.69, 9.17) is 27.9 Å². The van der Waals surface area contributed by atoms with Gasteiger partial charge in [0.2, 0.25) is 10.0 Å². The number of amides is 1. The van der Waals surface area contributed by atoms with E-state index in [-0.39, 0.29) is 18.3 Å². The predicted molar refractivity (Wildman–Crippen MR) is 108 cm³/mol. The minimum absolute atomic E-state index is 0.160. The number of carbonyl (C=O) groups is 1. The molecule has 1 amide bonds. The Balaban J connectivity index is 2.06. The minimum atomic E-state index is -3.56. The third-order valence-electron chi connectivity index (χ3n) is 4.14. The monoisotopic (exact) mass is 436 g/mol. The quantitative estimate of drug-likeness (QED) is 0.749. The van der Waals surface area contributed by atoms with Gasteiger partial charge in [0.25, 0.3) is 0 Å². The van der Waals surface area contributed by atoms with Crippen molar-refractivity contribution < 1.29 is 17.9 Å². The Morgan fingerprint density at radius 1 is 1.26 bits per heavy atom. The number of halogens is 2. The van der Waals surface area contributed by atoms with Crippen LogP contribution in [0.1, 0.15) is 45.6 Å². The van der Waals surface area contributed by atoms with Crippen LogP contribution in [0, 0.1) is 0 Å². The summed E-state index contributed by atoms with van der Waals surface area (Å²) in [7, 11) is -3.56. The molecule has 0 aromatic heterocycles. The van der Waals surface area contributed by atoms with E-state index in [2.05, 4.69) is 5.32 Å². The van der Waals surface area contributed by atoms with Gasteiger partial charge in [0.15, 0.2) is 0 Å². The number of rotatable bonds is 5. The first-order valence-electron chi connectivity index (χ1n) is 8.88. The lowest BCUT2D eigenvalue weighted by Gasteiger charge is -2.35. The summed E-state index contributed by atoms with van der Waals surface area (Å²) in [6.45, 7) is 5.99. The Bertz CT molecular complexity index is 778. The topological polar surface area (TPSA) is 75.7 Å². The van der Waals surface area contributed by atoms with E-state index in [1.54, 1.807) is 39.0 Å². The molecule has 1 fully saturated rings. The van der Waals surface area contributed by atoms with Gasteiger partial charge < -0.3 is 10.1 Å². The summed E-state index contributed by atoms with van der Waals surface area (Å²) in [4.78, 5) is 11.9. The van der Waals surface area contributed by atoms with Gasteiger partial charge in [0, 0.05) is 19.1 Å². The maximum atomic E-state index is 12.9. The predicted octanol–water partition coefficient (Wildman–Crippen LogP) is 4.20. The van der Waals surface area contributed by atoms with Crippen molar-refractivity contribution in [2.45, 2.75) is 57.4 Å². The van der Waals surface area contributed by atoms with Gasteiger partial charge in [-0.05, 0) is 51.3 Å². The number of hydrogen-bond acceptors (Lipinski definition) is 4. The Kier molecular flexibility index (Phi) is 7.41. The van der Waals surface area contributed by atoms with Gasteiger partial charge in [-0.3, -0.25) is 0 Å². The van der Waals surface area contributed by atoms with Gasteiger partial charge in [-0.1, -0.05) is 35.7 Å². The number of nitrogens with zero attached hydrogens (tertiary/aromatic N) is 1. The molecule has 1 saturated heterocycles. The molecule has 0 saturated carbocycles. The largest absolute Gasteiger partial charge is 0.444 e. The molecule has 0 aliphatic carbocycles. The molecule has 1 aliphatic heterocycles. The number of piperidine rings is 1. The van der Waals surface area contributed by atoms with E-state index in [1.165, 1.54) is 4.31 Å². The highest BCUT2D eigenvalue weighted by atomic mass is 35.5. The van der Waals surface area contributed by atoms with Crippen molar-refractivity contribution in [2.24, 2.45) is 0 Å². The number of benzene rings is 1. The van der Waals surface area contributed by atoms with E-state index in [9.17, 15) is 13.2 Å². The van der Waals surface area contributed by atoms with Crippen molar-refractivity contribution in [1.29, 1.82) is 0 Å². The van der Waals surface area contributed by atoms with Crippen molar-refractivity contribution >= 4 is 39.3 Å². The van der Waals surface area contributed by atoms with Gasteiger partial charge in [0.1, 0.15) is 5.60 Å². The first-order chi connectivity index (χ1) is 12.5. The normalized spacial score (nSPS) is 18.9.